The normalized spacial score (nSPS) is 25.1. The number of aliphatic hydroxyl groups is 1. The Hall–Kier alpha value is -1.36. The summed E-state index contributed by atoms with van der Waals surface area (Å²) in [4.78, 5) is 0. The molecule has 3 nitrogen and oxygen atoms in total. The number of hydrogen-bond donors (Lipinski definition) is 1. The van der Waals surface area contributed by atoms with Crippen molar-refractivity contribution in [2.75, 3.05) is 0 Å². The molecule has 1 aromatic rings. The van der Waals surface area contributed by atoms with E-state index in [0.717, 1.165) is 24.8 Å². The van der Waals surface area contributed by atoms with E-state index >= 15 is 0 Å². The summed E-state index contributed by atoms with van der Waals surface area (Å²) in [7, 11) is -0.221. The fraction of sp³-hybridized carbons (Fsp3) is 0.524. The number of hydrogen-bond acceptors (Lipinski definition) is 3. The molecule has 1 unspecified atom stereocenters. The predicted octanol–water partition coefficient (Wildman–Crippen LogP) is 4.78. The van der Waals surface area contributed by atoms with Crippen LogP contribution in [-0.4, -0.2) is 23.4 Å². The Balaban J connectivity index is 1.58. The van der Waals surface area contributed by atoms with Gasteiger partial charge in [0.15, 0.2) is 0 Å². The summed E-state index contributed by atoms with van der Waals surface area (Å²) >= 11 is 0. The van der Waals surface area contributed by atoms with E-state index in [4.69, 9.17) is 9.31 Å². The molecule has 25 heavy (non-hydrogen) atoms. The van der Waals surface area contributed by atoms with Gasteiger partial charge in [-0.1, -0.05) is 48.1 Å². The van der Waals surface area contributed by atoms with E-state index in [9.17, 15) is 5.11 Å². The summed E-state index contributed by atoms with van der Waals surface area (Å²) in [5.74, 6) is 0. The third-order valence-corrected chi connectivity index (χ3v) is 5.73. The van der Waals surface area contributed by atoms with Gasteiger partial charge in [0.05, 0.1) is 17.3 Å². The second-order valence-electron chi connectivity index (χ2n) is 8.10. The van der Waals surface area contributed by atoms with Crippen molar-refractivity contribution in [3.05, 3.63) is 59.1 Å². The van der Waals surface area contributed by atoms with Gasteiger partial charge in [0.1, 0.15) is 0 Å². The molecule has 0 bridgehead atoms. The maximum absolute atomic E-state index is 10.3. The summed E-state index contributed by atoms with van der Waals surface area (Å²) in [5, 5.41) is 10.3. The highest BCUT2D eigenvalue weighted by Crippen LogP contribution is 2.40. The van der Waals surface area contributed by atoms with Crippen molar-refractivity contribution in [3.63, 3.8) is 0 Å². The van der Waals surface area contributed by atoms with Crippen LogP contribution in [0.3, 0.4) is 0 Å². The lowest BCUT2D eigenvalue weighted by Gasteiger charge is -2.32. The Labute approximate surface area is 151 Å². The van der Waals surface area contributed by atoms with Gasteiger partial charge >= 0.3 is 7.12 Å². The molecule has 1 aliphatic carbocycles. The van der Waals surface area contributed by atoms with Crippen molar-refractivity contribution in [1.29, 1.82) is 0 Å². The summed E-state index contributed by atoms with van der Waals surface area (Å²) in [6, 6.07) is 9.84. The average molecular weight is 340 g/mol. The average Bonchev–Trinajstić information content (AvgIpc) is 2.82. The zero-order valence-electron chi connectivity index (χ0n) is 15.8. The molecule has 1 N–H and O–H groups in total. The van der Waals surface area contributed by atoms with Crippen LogP contribution in [0.2, 0.25) is 0 Å². The largest absolute Gasteiger partial charge is 0.490 e. The fourth-order valence-corrected chi connectivity index (χ4v) is 3.25. The molecule has 2 aliphatic rings. The molecule has 1 heterocycles. The highest BCUT2D eigenvalue weighted by Gasteiger charge is 2.52. The van der Waals surface area contributed by atoms with Crippen molar-refractivity contribution < 1.29 is 14.4 Å². The lowest BCUT2D eigenvalue weighted by atomic mass is 9.71. The van der Waals surface area contributed by atoms with Crippen LogP contribution in [0.4, 0.5) is 0 Å². The molecule has 1 saturated heterocycles. The topological polar surface area (TPSA) is 38.7 Å². The third kappa shape index (κ3) is 4.08. The molecule has 0 aromatic heterocycles. The first-order chi connectivity index (χ1) is 11.8. The first kappa shape index (κ1) is 18.4. The van der Waals surface area contributed by atoms with E-state index < -0.39 is 6.10 Å². The maximum atomic E-state index is 10.3. The van der Waals surface area contributed by atoms with Crippen LogP contribution in [0.5, 0.6) is 0 Å². The SMILES string of the molecule is CC1(C)OB(C2=CC/C(=C\CC(O)c3ccccc3)CC2)OC1(C)C. The van der Waals surface area contributed by atoms with Gasteiger partial charge in [0.25, 0.3) is 0 Å². The van der Waals surface area contributed by atoms with Crippen LogP contribution in [0.15, 0.2) is 53.5 Å². The van der Waals surface area contributed by atoms with Crippen molar-refractivity contribution >= 4 is 7.12 Å². The summed E-state index contributed by atoms with van der Waals surface area (Å²) in [6.45, 7) is 8.36. The fourth-order valence-electron chi connectivity index (χ4n) is 3.25. The van der Waals surface area contributed by atoms with Gasteiger partial charge in [-0.05, 0) is 64.4 Å². The highest BCUT2D eigenvalue weighted by atomic mass is 16.7. The van der Waals surface area contributed by atoms with Crippen LogP contribution in [0, 0.1) is 0 Å². The predicted molar refractivity (Wildman–Crippen MR) is 102 cm³/mol. The number of rotatable bonds is 4. The quantitative estimate of drug-likeness (QED) is 0.633. The zero-order chi connectivity index (χ0) is 18.1. The number of allylic oxidation sites excluding steroid dienone is 3. The molecule has 0 radical (unpaired) electrons. The smallest absolute Gasteiger partial charge is 0.400 e. The first-order valence-corrected chi connectivity index (χ1v) is 9.24. The second kappa shape index (κ2) is 7.10. The van der Waals surface area contributed by atoms with Gasteiger partial charge in [-0.25, -0.2) is 0 Å². The molecular weight excluding hydrogens is 311 g/mol. The van der Waals surface area contributed by atoms with Crippen LogP contribution in [0.1, 0.15) is 65.0 Å². The Morgan fingerprint density at radius 1 is 1.08 bits per heavy atom. The molecule has 4 heteroatoms. The van der Waals surface area contributed by atoms with Crippen LogP contribution in [0.25, 0.3) is 0 Å². The van der Waals surface area contributed by atoms with E-state index in [1.54, 1.807) is 0 Å². The molecule has 1 atom stereocenters. The molecule has 0 amide bonds. The van der Waals surface area contributed by atoms with Crippen LogP contribution >= 0.6 is 0 Å². The first-order valence-electron chi connectivity index (χ1n) is 9.24. The van der Waals surface area contributed by atoms with Crippen molar-refractivity contribution in [2.24, 2.45) is 0 Å². The van der Waals surface area contributed by atoms with Crippen LogP contribution in [-0.2, 0) is 9.31 Å². The lowest BCUT2D eigenvalue weighted by Crippen LogP contribution is -2.41. The van der Waals surface area contributed by atoms with E-state index in [0.29, 0.717) is 6.42 Å². The van der Waals surface area contributed by atoms with E-state index in [-0.39, 0.29) is 18.3 Å². The number of aliphatic hydroxyl groups excluding tert-OH is 1. The van der Waals surface area contributed by atoms with Gasteiger partial charge in [-0.2, -0.15) is 0 Å². The van der Waals surface area contributed by atoms with Crippen molar-refractivity contribution in [1.82, 2.24) is 0 Å². The maximum Gasteiger partial charge on any atom is 0.490 e. The van der Waals surface area contributed by atoms with Gasteiger partial charge in [0, 0.05) is 0 Å². The minimum atomic E-state index is -0.429. The van der Waals surface area contributed by atoms with Gasteiger partial charge in [-0.15, -0.1) is 0 Å². The molecule has 1 fully saturated rings. The molecule has 0 spiro atoms. The molecule has 1 aromatic carbocycles. The standard InChI is InChI=1S/C21H29BO3/c1-20(2)21(3,4)25-22(24-20)18-13-10-16(11-14-18)12-15-19(23)17-8-6-5-7-9-17/h5-9,12-13,19,23H,10-11,14-15H2,1-4H3/b16-12+. The van der Waals surface area contributed by atoms with Gasteiger partial charge < -0.3 is 14.4 Å². The number of benzene rings is 1. The Morgan fingerprint density at radius 3 is 2.28 bits per heavy atom. The van der Waals surface area contributed by atoms with Gasteiger partial charge in [-0.3, -0.25) is 0 Å². The molecule has 3 rings (SSSR count). The van der Waals surface area contributed by atoms with Gasteiger partial charge in [0.2, 0.25) is 0 Å². The van der Waals surface area contributed by atoms with Crippen molar-refractivity contribution in [2.45, 2.75) is 70.7 Å². The minimum Gasteiger partial charge on any atom is -0.400 e. The monoisotopic (exact) mass is 340 g/mol. The van der Waals surface area contributed by atoms with E-state index in [2.05, 4.69) is 39.8 Å². The summed E-state index contributed by atoms with van der Waals surface area (Å²) in [6.07, 6.45) is 7.56. The molecule has 0 saturated carbocycles. The van der Waals surface area contributed by atoms with Crippen molar-refractivity contribution in [3.8, 4) is 0 Å². The van der Waals surface area contributed by atoms with E-state index in [1.807, 2.05) is 30.3 Å². The van der Waals surface area contributed by atoms with E-state index in [1.165, 1.54) is 11.0 Å². The lowest BCUT2D eigenvalue weighted by molar-refractivity contribution is 0.00578. The molecule has 134 valence electrons. The Morgan fingerprint density at radius 2 is 1.72 bits per heavy atom. The Bertz CT molecular complexity index is 645. The molecular formula is C21H29BO3. The minimum absolute atomic E-state index is 0.221. The highest BCUT2D eigenvalue weighted by molar-refractivity contribution is 6.54. The second-order valence-corrected chi connectivity index (χ2v) is 8.10. The summed E-state index contributed by atoms with van der Waals surface area (Å²) < 4.78 is 12.3. The summed E-state index contributed by atoms with van der Waals surface area (Å²) in [5.41, 5.74) is 3.04. The Kier molecular flexibility index (Phi) is 5.24. The third-order valence-electron chi connectivity index (χ3n) is 5.73. The zero-order valence-corrected chi connectivity index (χ0v) is 15.8. The molecule has 1 aliphatic heterocycles. The van der Waals surface area contributed by atoms with Crippen LogP contribution < -0.4 is 0 Å².